The molecule has 0 aliphatic heterocycles. The molecule has 32 heavy (non-hydrogen) atoms. The fourth-order valence-corrected chi connectivity index (χ4v) is 4.78. The summed E-state index contributed by atoms with van der Waals surface area (Å²) in [6, 6.07) is 43.6. The van der Waals surface area contributed by atoms with E-state index in [1.54, 1.807) is 0 Å². The molecule has 5 aromatic carbocycles. The Hall–Kier alpha value is -4.10. The number of hydrogen-bond donors (Lipinski definition) is 0. The summed E-state index contributed by atoms with van der Waals surface area (Å²) in [5, 5.41) is 2.58. The molecular weight excluding hydrogens is 386 g/mol. The second-order valence-electron chi connectivity index (χ2n) is 8.30. The van der Waals surface area contributed by atoms with Gasteiger partial charge in [0.15, 0.2) is 0 Å². The van der Waals surface area contributed by atoms with Gasteiger partial charge in [0.25, 0.3) is 0 Å². The van der Waals surface area contributed by atoms with Crippen LogP contribution >= 0.6 is 0 Å². The highest BCUT2D eigenvalue weighted by molar-refractivity contribution is 6.12. The Kier molecular flexibility index (Phi) is 4.40. The third kappa shape index (κ3) is 3.02. The average Bonchev–Trinajstić information content (AvgIpc) is 3.15. The van der Waals surface area contributed by atoms with Crippen LogP contribution in [0.2, 0.25) is 0 Å². The van der Waals surface area contributed by atoms with E-state index >= 15 is 0 Å². The van der Waals surface area contributed by atoms with Crippen molar-refractivity contribution < 1.29 is 0 Å². The molecule has 1 aromatic heterocycles. The summed E-state index contributed by atoms with van der Waals surface area (Å²) in [5.74, 6) is 0. The fourth-order valence-electron chi connectivity index (χ4n) is 4.78. The van der Waals surface area contributed by atoms with Crippen LogP contribution in [0.25, 0.3) is 55.2 Å². The van der Waals surface area contributed by atoms with Gasteiger partial charge in [-0.3, -0.25) is 0 Å². The van der Waals surface area contributed by atoms with Crippen LogP contribution in [-0.4, -0.2) is 4.57 Å². The summed E-state index contributed by atoms with van der Waals surface area (Å²) in [6.07, 6.45) is 0. The van der Waals surface area contributed by atoms with E-state index in [1.165, 1.54) is 55.2 Å². The van der Waals surface area contributed by atoms with E-state index < -0.39 is 0 Å². The Balaban J connectivity index is 1.68. The second-order valence-corrected chi connectivity index (χ2v) is 8.30. The van der Waals surface area contributed by atoms with E-state index in [4.69, 9.17) is 0 Å². The van der Waals surface area contributed by atoms with Crippen molar-refractivity contribution in [2.45, 2.75) is 0 Å². The van der Waals surface area contributed by atoms with Crippen molar-refractivity contribution in [1.29, 1.82) is 0 Å². The van der Waals surface area contributed by atoms with Gasteiger partial charge in [0.1, 0.15) is 0 Å². The quantitative estimate of drug-likeness (QED) is 0.277. The van der Waals surface area contributed by atoms with Crippen molar-refractivity contribution >= 4 is 21.8 Å². The van der Waals surface area contributed by atoms with Crippen molar-refractivity contribution in [3.8, 4) is 33.4 Å². The maximum absolute atomic E-state index is 2.38. The lowest BCUT2D eigenvalue weighted by atomic mass is 9.92. The van der Waals surface area contributed by atoms with Gasteiger partial charge in [-0.25, -0.2) is 0 Å². The molecule has 0 N–H and O–H groups in total. The molecule has 152 valence electrons. The molecule has 1 heterocycles. The third-order valence-corrected chi connectivity index (χ3v) is 6.42. The summed E-state index contributed by atoms with van der Waals surface area (Å²) in [7, 11) is 2.17. The summed E-state index contributed by atoms with van der Waals surface area (Å²) in [5.41, 5.74) is 10.0. The molecule has 0 fully saturated rings. The Labute approximate surface area is 188 Å². The van der Waals surface area contributed by atoms with Crippen molar-refractivity contribution in [1.82, 2.24) is 4.57 Å². The minimum absolute atomic E-state index is 1.24. The molecule has 6 aromatic rings. The molecule has 0 aliphatic rings. The highest BCUT2D eigenvalue weighted by atomic mass is 14.9. The van der Waals surface area contributed by atoms with Crippen LogP contribution < -0.4 is 0 Å². The maximum Gasteiger partial charge on any atom is 0.0495 e. The van der Waals surface area contributed by atoms with Crippen LogP contribution in [0.1, 0.15) is 0 Å². The zero-order valence-corrected chi connectivity index (χ0v) is 18.0. The Bertz CT molecular complexity index is 1540. The van der Waals surface area contributed by atoms with Gasteiger partial charge in [-0.15, -0.1) is 0 Å². The summed E-state index contributed by atoms with van der Waals surface area (Å²) >= 11 is 0. The number of benzene rings is 5. The molecule has 0 radical (unpaired) electrons. The highest BCUT2D eigenvalue weighted by Gasteiger charge is 2.15. The van der Waals surface area contributed by atoms with Gasteiger partial charge in [0.05, 0.1) is 0 Å². The number of aromatic nitrogens is 1. The smallest absolute Gasteiger partial charge is 0.0495 e. The molecule has 1 heteroatoms. The molecule has 0 aliphatic carbocycles. The Morgan fingerprint density at radius 1 is 0.406 bits per heavy atom. The topological polar surface area (TPSA) is 4.93 Å². The van der Waals surface area contributed by atoms with E-state index in [9.17, 15) is 0 Å². The normalized spacial score (nSPS) is 11.3. The molecule has 0 saturated carbocycles. The van der Waals surface area contributed by atoms with Crippen LogP contribution in [0.15, 0.2) is 121 Å². The minimum Gasteiger partial charge on any atom is -0.344 e. The van der Waals surface area contributed by atoms with Crippen LogP contribution in [0.5, 0.6) is 0 Å². The number of aryl methyl sites for hydroxylation is 1. The van der Waals surface area contributed by atoms with Gasteiger partial charge < -0.3 is 4.57 Å². The largest absolute Gasteiger partial charge is 0.344 e. The lowest BCUT2D eigenvalue weighted by Crippen LogP contribution is -1.90. The Morgan fingerprint density at radius 2 is 0.906 bits per heavy atom. The first-order chi connectivity index (χ1) is 15.8. The van der Waals surface area contributed by atoms with Crippen LogP contribution in [-0.2, 0) is 7.05 Å². The van der Waals surface area contributed by atoms with Crippen molar-refractivity contribution in [2.24, 2.45) is 7.05 Å². The fraction of sp³-hybridized carbons (Fsp3) is 0.0323. The summed E-state index contributed by atoms with van der Waals surface area (Å²) in [6.45, 7) is 0. The monoisotopic (exact) mass is 409 g/mol. The lowest BCUT2D eigenvalue weighted by molar-refractivity contribution is 1.01. The predicted molar refractivity (Wildman–Crippen MR) is 137 cm³/mol. The Morgan fingerprint density at radius 3 is 1.50 bits per heavy atom. The van der Waals surface area contributed by atoms with Gasteiger partial charge in [-0.05, 0) is 57.6 Å². The zero-order chi connectivity index (χ0) is 21.5. The third-order valence-electron chi connectivity index (χ3n) is 6.42. The number of hydrogen-bond acceptors (Lipinski definition) is 0. The number of rotatable bonds is 3. The van der Waals surface area contributed by atoms with Crippen molar-refractivity contribution in [2.75, 3.05) is 0 Å². The van der Waals surface area contributed by atoms with Gasteiger partial charge in [-0.2, -0.15) is 0 Å². The zero-order valence-electron chi connectivity index (χ0n) is 18.0. The van der Waals surface area contributed by atoms with E-state index in [0.29, 0.717) is 0 Å². The van der Waals surface area contributed by atoms with Gasteiger partial charge >= 0.3 is 0 Å². The number of fused-ring (bicyclic) bond motifs is 3. The molecule has 0 saturated heterocycles. The van der Waals surface area contributed by atoms with E-state index in [-0.39, 0.29) is 0 Å². The van der Waals surface area contributed by atoms with E-state index in [1.807, 2.05) is 0 Å². The average molecular weight is 410 g/mol. The summed E-state index contributed by atoms with van der Waals surface area (Å²) < 4.78 is 2.32. The van der Waals surface area contributed by atoms with Crippen LogP contribution in [0.3, 0.4) is 0 Å². The molecule has 0 unspecified atom stereocenters. The minimum atomic E-state index is 1.24. The SMILES string of the molecule is Cn1c2ccc(-c3ccccc3)cc2c2cc(-c3ccccc3)c(-c3ccccc3)cc21. The van der Waals surface area contributed by atoms with E-state index in [2.05, 4.69) is 133 Å². The first-order valence-electron chi connectivity index (χ1n) is 11.0. The van der Waals surface area contributed by atoms with Gasteiger partial charge in [0, 0.05) is 28.9 Å². The summed E-state index contributed by atoms with van der Waals surface area (Å²) in [4.78, 5) is 0. The highest BCUT2D eigenvalue weighted by Crippen LogP contribution is 2.40. The molecule has 0 spiro atoms. The van der Waals surface area contributed by atoms with Crippen LogP contribution in [0, 0.1) is 0 Å². The molecule has 0 atom stereocenters. The van der Waals surface area contributed by atoms with Gasteiger partial charge in [0.2, 0.25) is 0 Å². The first-order valence-corrected chi connectivity index (χ1v) is 11.0. The van der Waals surface area contributed by atoms with E-state index in [0.717, 1.165) is 0 Å². The second kappa shape index (κ2) is 7.55. The molecule has 1 nitrogen and oxygen atoms in total. The molecule has 6 rings (SSSR count). The lowest BCUT2D eigenvalue weighted by Gasteiger charge is -2.12. The molecule has 0 bridgehead atoms. The molecular formula is C31H23N. The standard InChI is InChI=1S/C31H23N/c1-32-30-18-17-25(22-11-5-2-6-12-22)19-28(30)29-20-26(23-13-7-3-8-14-23)27(21-31(29)32)24-15-9-4-10-16-24/h2-21H,1H3. The first kappa shape index (κ1) is 18.7. The van der Waals surface area contributed by atoms with Crippen LogP contribution in [0.4, 0.5) is 0 Å². The molecule has 0 amide bonds. The predicted octanol–water partition coefficient (Wildman–Crippen LogP) is 8.33. The van der Waals surface area contributed by atoms with Crippen molar-refractivity contribution in [3.05, 3.63) is 121 Å². The van der Waals surface area contributed by atoms with Gasteiger partial charge in [-0.1, -0.05) is 97.1 Å². The maximum atomic E-state index is 2.38. The number of nitrogens with zero attached hydrogens (tertiary/aromatic N) is 1. The van der Waals surface area contributed by atoms with Crippen molar-refractivity contribution in [3.63, 3.8) is 0 Å².